The zero-order valence-corrected chi connectivity index (χ0v) is 15.5. The second-order valence-corrected chi connectivity index (χ2v) is 7.70. The molecule has 2 amide bonds. The van der Waals surface area contributed by atoms with Crippen LogP contribution >= 0.6 is 0 Å². The van der Waals surface area contributed by atoms with Crippen LogP contribution in [-0.4, -0.2) is 24.2 Å². The van der Waals surface area contributed by atoms with Gasteiger partial charge in [0, 0.05) is 5.56 Å². The Morgan fingerprint density at radius 2 is 1.59 bits per heavy atom. The van der Waals surface area contributed by atoms with Gasteiger partial charge in [-0.1, -0.05) is 24.3 Å². The number of hydrogen-bond donors (Lipinski definition) is 0. The standard InChI is InChI=1S/C23H18FNO4/c24-16-9-7-13(8-10-16)18(26)12-29-19-4-2-1-3-17(19)25-22(27)20-14-5-6-15(11-14)21(20)23(25)28/h1-10,14-15,20-21H,11-12H2/t14-,15-,20+,21+/m0/s1. The van der Waals surface area contributed by atoms with E-state index in [9.17, 15) is 18.8 Å². The number of imide groups is 1. The number of ether oxygens (including phenoxy) is 1. The minimum atomic E-state index is -0.423. The van der Waals surface area contributed by atoms with Gasteiger partial charge in [0.05, 0.1) is 17.5 Å². The van der Waals surface area contributed by atoms with E-state index >= 15 is 0 Å². The molecule has 29 heavy (non-hydrogen) atoms. The first-order valence-corrected chi connectivity index (χ1v) is 9.61. The van der Waals surface area contributed by atoms with Crippen molar-refractivity contribution in [3.63, 3.8) is 0 Å². The van der Waals surface area contributed by atoms with Gasteiger partial charge >= 0.3 is 0 Å². The molecule has 2 fully saturated rings. The third-order valence-corrected chi connectivity index (χ3v) is 6.10. The number of benzene rings is 2. The highest BCUT2D eigenvalue weighted by Gasteiger charge is 2.59. The van der Waals surface area contributed by atoms with Crippen LogP contribution in [0.4, 0.5) is 10.1 Å². The fourth-order valence-corrected chi connectivity index (χ4v) is 4.77. The van der Waals surface area contributed by atoms with Crippen molar-refractivity contribution in [2.75, 3.05) is 11.5 Å². The maximum Gasteiger partial charge on any atom is 0.238 e. The van der Waals surface area contributed by atoms with E-state index in [4.69, 9.17) is 4.74 Å². The topological polar surface area (TPSA) is 63.7 Å². The van der Waals surface area contributed by atoms with Crippen LogP contribution in [0.5, 0.6) is 5.75 Å². The Morgan fingerprint density at radius 1 is 0.966 bits per heavy atom. The number of fused-ring (bicyclic) bond motifs is 5. The van der Waals surface area contributed by atoms with Crippen LogP contribution in [-0.2, 0) is 9.59 Å². The van der Waals surface area contributed by atoms with E-state index in [1.807, 2.05) is 12.2 Å². The number of rotatable bonds is 5. The van der Waals surface area contributed by atoms with Gasteiger partial charge in [0.15, 0.2) is 12.4 Å². The maximum atomic E-state index is 13.0. The first kappa shape index (κ1) is 17.8. The van der Waals surface area contributed by atoms with E-state index in [1.165, 1.54) is 29.2 Å². The monoisotopic (exact) mass is 391 g/mol. The average Bonchev–Trinajstić information content (AvgIpc) is 3.41. The van der Waals surface area contributed by atoms with Gasteiger partial charge in [0.25, 0.3) is 0 Å². The molecule has 1 saturated carbocycles. The number of hydrogen-bond acceptors (Lipinski definition) is 4. The number of anilines is 1. The van der Waals surface area contributed by atoms with E-state index in [0.717, 1.165) is 6.42 Å². The summed E-state index contributed by atoms with van der Waals surface area (Å²) in [4.78, 5) is 39.7. The van der Waals surface area contributed by atoms with Crippen molar-refractivity contribution in [2.24, 2.45) is 23.7 Å². The molecule has 4 atom stereocenters. The van der Waals surface area contributed by atoms with Crippen molar-refractivity contribution in [2.45, 2.75) is 6.42 Å². The summed E-state index contributed by atoms with van der Waals surface area (Å²) in [5.41, 5.74) is 0.692. The van der Waals surface area contributed by atoms with Crippen molar-refractivity contribution in [1.29, 1.82) is 0 Å². The van der Waals surface area contributed by atoms with Gasteiger partial charge < -0.3 is 4.74 Å². The summed E-state index contributed by atoms with van der Waals surface area (Å²) in [5.74, 6) is -1.19. The summed E-state index contributed by atoms with van der Waals surface area (Å²) >= 11 is 0. The van der Waals surface area contributed by atoms with Crippen LogP contribution in [0.3, 0.4) is 0 Å². The Balaban J connectivity index is 1.38. The molecule has 1 heterocycles. The molecule has 1 aliphatic heterocycles. The van der Waals surface area contributed by atoms with E-state index in [0.29, 0.717) is 17.0 Å². The molecule has 5 rings (SSSR count). The Labute approximate surface area is 166 Å². The van der Waals surface area contributed by atoms with Crippen molar-refractivity contribution in [3.8, 4) is 5.75 Å². The van der Waals surface area contributed by atoms with Crippen LogP contribution in [0.15, 0.2) is 60.7 Å². The molecule has 2 aromatic carbocycles. The van der Waals surface area contributed by atoms with Gasteiger partial charge in [-0.25, -0.2) is 9.29 Å². The lowest BCUT2D eigenvalue weighted by molar-refractivity contribution is -0.123. The van der Waals surface area contributed by atoms with Crippen LogP contribution in [0.2, 0.25) is 0 Å². The van der Waals surface area contributed by atoms with Gasteiger partial charge in [-0.15, -0.1) is 0 Å². The third-order valence-electron chi connectivity index (χ3n) is 6.10. The molecule has 6 heteroatoms. The van der Waals surface area contributed by atoms with E-state index in [-0.39, 0.29) is 47.9 Å². The molecule has 0 N–H and O–H groups in total. The molecule has 0 radical (unpaired) electrons. The second kappa shape index (κ2) is 6.65. The SMILES string of the molecule is O=C(COc1ccccc1N1C(=O)[C@H]2[C@H](C1=O)[C@H]1C=C[C@H]2C1)c1ccc(F)cc1. The van der Waals surface area contributed by atoms with Gasteiger partial charge in [-0.3, -0.25) is 14.4 Å². The lowest BCUT2D eigenvalue weighted by Crippen LogP contribution is -2.33. The molecule has 1 saturated heterocycles. The van der Waals surface area contributed by atoms with E-state index < -0.39 is 5.82 Å². The molecular weight excluding hydrogens is 373 g/mol. The van der Waals surface area contributed by atoms with Gasteiger partial charge in [-0.05, 0) is 54.7 Å². The van der Waals surface area contributed by atoms with Crippen molar-refractivity contribution < 1.29 is 23.5 Å². The Bertz CT molecular complexity index is 1020. The number of nitrogens with zero attached hydrogens (tertiary/aromatic N) is 1. The molecule has 146 valence electrons. The van der Waals surface area contributed by atoms with Gasteiger partial charge in [-0.2, -0.15) is 0 Å². The first-order chi connectivity index (χ1) is 14.0. The highest BCUT2D eigenvalue weighted by atomic mass is 19.1. The summed E-state index contributed by atoms with van der Waals surface area (Å²) in [6.45, 7) is -0.279. The third kappa shape index (κ3) is 2.78. The summed E-state index contributed by atoms with van der Waals surface area (Å²) in [6.07, 6.45) is 4.96. The number of carbonyl (C=O) groups is 3. The zero-order valence-electron chi connectivity index (χ0n) is 15.5. The second-order valence-electron chi connectivity index (χ2n) is 7.70. The number of para-hydroxylation sites is 2. The highest BCUT2D eigenvalue weighted by molar-refractivity contribution is 6.23. The quantitative estimate of drug-likeness (QED) is 0.445. The number of ketones is 1. The van der Waals surface area contributed by atoms with E-state index in [2.05, 4.69) is 0 Å². The molecular formula is C23H18FNO4. The molecule has 2 aliphatic carbocycles. The minimum Gasteiger partial charge on any atom is -0.483 e. The Morgan fingerprint density at radius 3 is 2.24 bits per heavy atom. The largest absolute Gasteiger partial charge is 0.483 e. The molecule has 2 aromatic rings. The number of Topliss-reactive ketones (excluding diaryl/α,β-unsaturated/α-hetero) is 1. The van der Waals surface area contributed by atoms with Crippen LogP contribution in [0.25, 0.3) is 0 Å². The maximum absolute atomic E-state index is 13.0. The first-order valence-electron chi connectivity index (χ1n) is 9.61. The zero-order chi connectivity index (χ0) is 20.1. The predicted octanol–water partition coefficient (Wildman–Crippen LogP) is 3.40. The Kier molecular flexibility index (Phi) is 4.08. The highest BCUT2D eigenvalue weighted by Crippen LogP contribution is 2.53. The lowest BCUT2D eigenvalue weighted by atomic mass is 9.85. The summed E-state index contributed by atoms with van der Waals surface area (Å²) in [5, 5.41) is 0. The van der Waals surface area contributed by atoms with Crippen molar-refractivity contribution in [3.05, 3.63) is 72.1 Å². The van der Waals surface area contributed by atoms with Crippen LogP contribution in [0.1, 0.15) is 16.8 Å². The molecule has 0 spiro atoms. The van der Waals surface area contributed by atoms with Crippen molar-refractivity contribution >= 4 is 23.3 Å². The molecule has 5 nitrogen and oxygen atoms in total. The molecule has 0 unspecified atom stereocenters. The number of amides is 2. The fourth-order valence-electron chi connectivity index (χ4n) is 4.77. The number of carbonyl (C=O) groups excluding carboxylic acids is 3. The number of allylic oxidation sites excluding steroid dienone is 2. The van der Waals surface area contributed by atoms with Crippen LogP contribution < -0.4 is 9.64 Å². The predicted molar refractivity (Wildman–Crippen MR) is 103 cm³/mol. The molecule has 2 bridgehead atoms. The molecule has 3 aliphatic rings. The Hall–Kier alpha value is -3.28. The van der Waals surface area contributed by atoms with Crippen molar-refractivity contribution in [1.82, 2.24) is 0 Å². The van der Waals surface area contributed by atoms with E-state index in [1.54, 1.807) is 24.3 Å². The van der Waals surface area contributed by atoms with Crippen LogP contribution in [0, 0.1) is 29.5 Å². The summed E-state index contributed by atoms with van der Waals surface area (Å²) in [7, 11) is 0. The fraction of sp³-hybridized carbons (Fsp3) is 0.261. The average molecular weight is 391 g/mol. The van der Waals surface area contributed by atoms with Gasteiger partial charge in [0.1, 0.15) is 11.6 Å². The molecule has 0 aromatic heterocycles. The van der Waals surface area contributed by atoms with Gasteiger partial charge in [0.2, 0.25) is 11.8 Å². The smallest absolute Gasteiger partial charge is 0.238 e. The minimum absolute atomic E-state index is 0.125. The lowest BCUT2D eigenvalue weighted by Gasteiger charge is -2.20. The normalized spacial score (nSPS) is 26.9. The summed E-state index contributed by atoms with van der Waals surface area (Å²) in [6, 6.07) is 11.9. The number of halogens is 1. The summed E-state index contributed by atoms with van der Waals surface area (Å²) < 4.78 is 18.7.